The molecule has 6 nitrogen and oxygen atoms in total. The summed E-state index contributed by atoms with van der Waals surface area (Å²) in [6, 6.07) is 7.81. The van der Waals surface area contributed by atoms with E-state index in [1.165, 1.54) is 0 Å². The molecular weight excluding hydrogens is 292 g/mol. The Kier molecular flexibility index (Phi) is 4.16. The van der Waals surface area contributed by atoms with Crippen molar-refractivity contribution >= 4 is 11.0 Å². The minimum absolute atomic E-state index is 0.0984. The van der Waals surface area contributed by atoms with Gasteiger partial charge in [0, 0.05) is 42.7 Å². The third-order valence-corrected chi connectivity index (χ3v) is 3.92. The third kappa shape index (κ3) is 2.61. The van der Waals surface area contributed by atoms with Gasteiger partial charge in [0.1, 0.15) is 5.82 Å². The molecule has 3 aromatic rings. The van der Waals surface area contributed by atoms with Crippen LogP contribution in [0, 0.1) is 0 Å². The number of aromatic nitrogens is 3. The van der Waals surface area contributed by atoms with E-state index in [2.05, 4.69) is 16.5 Å². The largest absolute Gasteiger partial charge is 0.493 e. The maximum Gasteiger partial charge on any atom is 0.163 e. The molecule has 0 aliphatic heterocycles. The number of methoxy groups -OCH3 is 2. The first-order valence-corrected chi connectivity index (χ1v) is 7.44. The highest BCUT2D eigenvalue weighted by Gasteiger charge is 2.19. The van der Waals surface area contributed by atoms with Gasteiger partial charge in [-0.15, -0.1) is 0 Å². The van der Waals surface area contributed by atoms with Crippen LogP contribution in [0.25, 0.3) is 22.4 Å². The van der Waals surface area contributed by atoms with Crippen LogP contribution in [0.1, 0.15) is 13.0 Å². The molecule has 1 unspecified atom stereocenters. The summed E-state index contributed by atoms with van der Waals surface area (Å²) in [5.74, 6) is 2.19. The maximum atomic E-state index is 5.91. The lowest BCUT2D eigenvalue weighted by atomic mass is 10.2. The zero-order valence-corrected chi connectivity index (χ0v) is 13.5. The molecule has 2 N–H and O–H groups in total. The summed E-state index contributed by atoms with van der Waals surface area (Å²) in [5, 5.41) is 0. The summed E-state index contributed by atoms with van der Waals surface area (Å²) in [5.41, 5.74) is 8.71. The third-order valence-electron chi connectivity index (χ3n) is 3.92. The number of imidazole rings is 1. The molecule has 6 heteroatoms. The first kappa shape index (κ1) is 15.3. The van der Waals surface area contributed by atoms with Gasteiger partial charge in [0.15, 0.2) is 11.5 Å². The number of ether oxygens (including phenoxy) is 2. The minimum Gasteiger partial charge on any atom is -0.493 e. The van der Waals surface area contributed by atoms with Crippen LogP contribution >= 0.6 is 0 Å². The molecule has 0 saturated carbocycles. The standard InChI is InChI=1S/C17H20N4O2/c1-11(10-18)21-14-9-16(23-3)15(22-2)8-13(14)20-17(21)12-4-6-19-7-5-12/h4-9,11H,10,18H2,1-3H3. The molecule has 0 radical (unpaired) electrons. The molecule has 23 heavy (non-hydrogen) atoms. The Morgan fingerprint density at radius 1 is 1.13 bits per heavy atom. The van der Waals surface area contributed by atoms with Crippen LogP contribution in [0.15, 0.2) is 36.7 Å². The molecule has 0 fully saturated rings. The van der Waals surface area contributed by atoms with Gasteiger partial charge in [-0.05, 0) is 19.1 Å². The molecule has 120 valence electrons. The second kappa shape index (κ2) is 6.26. The second-order valence-corrected chi connectivity index (χ2v) is 5.32. The Hall–Kier alpha value is -2.60. The molecule has 0 bridgehead atoms. The number of nitrogens with zero attached hydrogens (tertiary/aromatic N) is 3. The van der Waals surface area contributed by atoms with Crippen molar-refractivity contribution in [1.29, 1.82) is 0 Å². The highest BCUT2D eigenvalue weighted by molar-refractivity contribution is 5.84. The van der Waals surface area contributed by atoms with Gasteiger partial charge in [0.05, 0.1) is 25.3 Å². The zero-order valence-electron chi connectivity index (χ0n) is 13.5. The van der Waals surface area contributed by atoms with E-state index in [0.29, 0.717) is 18.0 Å². The van der Waals surface area contributed by atoms with Crippen LogP contribution in [0.2, 0.25) is 0 Å². The Bertz CT molecular complexity index is 814. The maximum absolute atomic E-state index is 5.91. The lowest BCUT2D eigenvalue weighted by molar-refractivity contribution is 0.355. The molecule has 0 saturated heterocycles. The summed E-state index contributed by atoms with van der Waals surface area (Å²) >= 11 is 0. The quantitative estimate of drug-likeness (QED) is 0.784. The number of hydrogen-bond acceptors (Lipinski definition) is 5. The average molecular weight is 312 g/mol. The fraction of sp³-hybridized carbons (Fsp3) is 0.294. The van der Waals surface area contributed by atoms with Gasteiger partial charge in [-0.25, -0.2) is 4.98 Å². The summed E-state index contributed by atoms with van der Waals surface area (Å²) < 4.78 is 12.9. The Balaban J connectivity index is 2.31. The van der Waals surface area contributed by atoms with Gasteiger partial charge in [-0.3, -0.25) is 4.98 Å². The van der Waals surface area contributed by atoms with Crippen LogP contribution in [0.3, 0.4) is 0 Å². The fourth-order valence-electron chi connectivity index (χ4n) is 2.68. The van der Waals surface area contributed by atoms with Gasteiger partial charge in [-0.2, -0.15) is 0 Å². The second-order valence-electron chi connectivity index (χ2n) is 5.32. The first-order chi connectivity index (χ1) is 11.2. The molecule has 0 aliphatic rings. The van der Waals surface area contributed by atoms with E-state index < -0.39 is 0 Å². The van der Waals surface area contributed by atoms with Gasteiger partial charge in [-0.1, -0.05) is 0 Å². The van der Waals surface area contributed by atoms with E-state index in [-0.39, 0.29) is 6.04 Å². The number of hydrogen-bond donors (Lipinski definition) is 1. The predicted molar refractivity (Wildman–Crippen MR) is 89.8 cm³/mol. The monoisotopic (exact) mass is 312 g/mol. The lowest BCUT2D eigenvalue weighted by Crippen LogP contribution is -2.17. The van der Waals surface area contributed by atoms with Crippen molar-refractivity contribution < 1.29 is 9.47 Å². The van der Waals surface area contributed by atoms with E-state index in [1.807, 2.05) is 24.3 Å². The van der Waals surface area contributed by atoms with Crippen molar-refractivity contribution in [3.63, 3.8) is 0 Å². The summed E-state index contributed by atoms with van der Waals surface area (Å²) in [7, 11) is 3.24. The highest BCUT2D eigenvalue weighted by atomic mass is 16.5. The molecule has 0 aliphatic carbocycles. The van der Waals surface area contributed by atoms with Crippen LogP contribution in [-0.2, 0) is 0 Å². The van der Waals surface area contributed by atoms with Crippen molar-refractivity contribution in [2.45, 2.75) is 13.0 Å². The number of fused-ring (bicyclic) bond motifs is 1. The van der Waals surface area contributed by atoms with Gasteiger partial charge in [0.25, 0.3) is 0 Å². The first-order valence-electron chi connectivity index (χ1n) is 7.44. The predicted octanol–water partition coefficient (Wildman–Crippen LogP) is 2.64. The molecular formula is C17H20N4O2. The molecule has 2 aromatic heterocycles. The summed E-state index contributed by atoms with van der Waals surface area (Å²) in [6.07, 6.45) is 3.51. The molecule has 1 atom stereocenters. The van der Waals surface area contributed by atoms with Crippen molar-refractivity contribution in [3.8, 4) is 22.9 Å². The lowest BCUT2D eigenvalue weighted by Gasteiger charge is -2.16. The Morgan fingerprint density at radius 3 is 2.39 bits per heavy atom. The molecule has 0 amide bonds. The van der Waals surface area contributed by atoms with E-state index >= 15 is 0 Å². The van der Waals surface area contributed by atoms with E-state index in [4.69, 9.17) is 20.2 Å². The van der Waals surface area contributed by atoms with Crippen molar-refractivity contribution in [2.75, 3.05) is 20.8 Å². The fourth-order valence-corrected chi connectivity index (χ4v) is 2.68. The topological polar surface area (TPSA) is 75.2 Å². The van der Waals surface area contributed by atoms with Crippen molar-refractivity contribution in [2.24, 2.45) is 5.73 Å². The van der Waals surface area contributed by atoms with Crippen LogP contribution < -0.4 is 15.2 Å². The smallest absolute Gasteiger partial charge is 0.163 e. The number of rotatable bonds is 5. The van der Waals surface area contributed by atoms with Gasteiger partial charge >= 0.3 is 0 Å². The number of pyridine rings is 1. The normalized spacial score (nSPS) is 12.3. The molecule has 0 spiro atoms. The van der Waals surface area contributed by atoms with E-state index in [0.717, 1.165) is 22.4 Å². The molecule has 2 heterocycles. The minimum atomic E-state index is 0.0984. The van der Waals surface area contributed by atoms with Gasteiger partial charge < -0.3 is 19.8 Å². The Morgan fingerprint density at radius 2 is 1.78 bits per heavy atom. The van der Waals surface area contributed by atoms with E-state index in [1.54, 1.807) is 26.6 Å². The number of benzene rings is 1. The van der Waals surface area contributed by atoms with Crippen LogP contribution in [0.5, 0.6) is 11.5 Å². The van der Waals surface area contributed by atoms with Gasteiger partial charge in [0.2, 0.25) is 0 Å². The van der Waals surface area contributed by atoms with E-state index in [9.17, 15) is 0 Å². The van der Waals surface area contributed by atoms with Crippen LogP contribution in [-0.4, -0.2) is 35.3 Å². The summed E-state index contributed by atoms with van der Waals surface area (Å²) in [4.78, 5) is 8.85. The van der Waals surface area contributed by atoms with Crippen molar-refractivity contribution in [1.82, 2.24) is 14.5 Å². The molecule has 1 aromatic carbocycles. The van der Waals surface area contributed by atoms with Crippen LogP contribution in [0.4, 0.5) is 0 Å². The van der Waals surface area contributed by atoms with Crippen molar-refractivity contribution in [3.05, 3.63) is 36.7 Å². The number of nitrogens with two attached hydrogens (primary N) is 1. The highest BCUT2D eigenvalue weighted by Crippen LogP contribution is 2.35. The average Bonchev–Trinajstić information content (AvgIpc) is 2.98. The zero-order chi connectivity index (χ0) is 16.4. The summed E-state index contributed by atoms with van der Waals surface area (Å²) in [6.45, 7) is 2.58. The molecule has 3 rings (SSSR count). The Labute approximate surface area is 134 Å². The SMILES string of the molecule is COc1cc2nc(-c3ccncc3)n(C(C)CN)c2cc1OC.